The number of carboxylic acids is 1. The molecule has 2 saturated heterocycles. The molecule has 0 bridgehead atoms. The SMILES string of the molecule is Cc1ncc(CN2CCC(N3CCCC3C(=O)O)CC2)s1. The highest BCUT2D eigenvalue weighted by molar-refractivity contribution is 7.11. The van der Waals surface area contributed by atoms with Crippen LogP contribution < -0.4 is 0 Å². The molecule has 1 aromatic rings. The number of piperidine rings is 1. The first-order valence-electron chi connectivity index (χ1n) is 7.75. The van der Waals surface area contributed by atoms with Crippen LogP contribution in [0.15, 0.2) is 6.20 Å². The van der Waals surface area contributed by atoms with E-state index in [0.717, 1.165) is 56.9 Å². The van der Waals surface area contributed by atoms with Crippen LogP contribution in [0.25, 0.3) is 0 Å². The van der Waals surface area contributed by atoms with Crippen LogP contribution in [0.2, 0.25) is 0 Å². The average Bonchev–Trinajstić information content (AvgIpc) is 3.09. The number of aromatic nitrogens is 1. The van der Waals surface area contributed by atoms with E-state index >= 15 is 0 Å². The van der Waals surface area contributed by atoms with Crippen molar-refractivity contribution in [1.29, 1.82) is 0 Å². The zero-order valence-corrected chi connectivity index (χ0v) is 13.3. The maximum Gasteiger partial charge on any atom is 0.320 e. The number of carbonyl (C=O) groups is 1. The number of likely N-dealkylation sites (tertiary alicyclic amines) is 2. The highest BCUT2D eigenvalue weighted by Gasteiger charge is 2.36. The second-order valence-corrected chi connectivity index (χ2v) is 7.41. The largest absolute Gasteiger partial charge is 0.480 e. The van der Waals surface area contributed by atoms with E-state index in [1.807, 2.05) is 13.1 Å². The Bertz CT molecular complexity index is 497. The van der Waals surface area contributed by atoms with Gasteiger partial charge in [0.2, 0.25) is 0 Å². The fourth-order valence-corrected chi connectivity index (χ4v) is 4.44. The number of aliphatic carboxylic acids is 1. The van der Waals surface area contributed by atoms with Gasteiger partial charge in [-0.05, 0) is 39.2 Å². The van der Waals surface area contributed by atoms with Gasteiger partial charge in [-0.3, -0.25) is 14.6 Å². The summed E-state index contributed by atoms with van der Waals surface area (Å²) in [4.78, 5) is 21.6. The number of hydrogen-bond acceptors (Lipinski definition) is 5. The summed E-state index contributed by atoms with van der Waals surface area (Å²) in [5.74, 6) is -0.643. The van der Waals surface area contributed by atoms with E-state index in [4.69, 9.17) is 0 Å². The predicted molar refractivity (Wildman–Crippen MR) is 82.5 cm³/mol. The van der Waals surface area contributed by atoms with Crippen molar-refractivity contribution < 1.29 is 9.90 Å². The first-order valence-corrected chi connectivity index (χ1v) is 8.57. The van der Waals surface area contributed by atoms with E-state index < -0.39 is 5.97 Å². The van der Waals surface area contributed by atoms with E-state index in [-0.39, 0.29) is 6.04 Å². The lowest BCUT2D eigenvalue weighted by Gasteiger charge is -2.38. The van der Waals surface area contributed by atoms with Gasteiger partial charge >= 0.3 is 5.97 Å². The number of nitrogens with zero attached hydrogens (tertiary/aromatic N) is 3. The summed E-state index contributed by atoms with van der Waals surface area (Å²) in [5, 5.41) is 10.4. The molecular formula is C15H23N3O2S. The summed E-state index contributed by atoms with van der Waals surface area (Å²) >= 11 is 1.77. The first kappa shape index (κ1) is 14.9. The summed E-state index contributed by atoms with van der Waals surface area (Å²) < 4.78 is 0. The van der Waals surface area contributed by atoms with Crippen molar-refractivity contribution in [2.75, 3.05) is 19.6 Å². The fraction of sp³-hybridized carbons (Fsp3) is 0.733. The minimum atomic E-state index is -0.643. The van der Waals surface area contributed by atoms with Gasteiger partial charge in [0, 0.05) is 36.8 Å². The topological polar surface area (TPSA) is 56.7 Å². The minimum Gasteiger partial charge on any atom is -0.480 e. The van der Waals surface area contributed by atoms with E-state index in [1.54, 1.807) is 11.3 Å². The van der Waals surface area contributed by atoms with Crippen LogP contribution >= 0.6 is 11.3 Å². The summed E-state index contributed by atoms with van der Waals surface area (Å²) in [5.41, 5.74) is 0. The molecule has 0 aliphatic carbocycles. The average molecular weight is 309 g/mol. The third kappa shape index (κ3) is 3.44. The lowest BCUT2D eigenvalue weighted by molar-refractivity contribution is -0.143. The molecule has 2 fully saturated rings. The van der Waals surface area contributed by atoms with Gasteiger partial charge in [0.1, 0.15) is 6.04 Å². The Hall–Kier alpha value is -0.980. The van der Waals surface area contributed by atoms with Crippen LogP contribution in [-0.2, 0) is 11.3 Å². The van der Waals surface area contributed by atoms with Gasteiger partial charge in [-0.25, -0.2) is 4.98 Å². The standard InChI is InChI=1S/C15H23N3O2S/c1-11-16-9-13(21-11)10-17-7-4-12(5-8-17)18-6-2-3-14(18)15(19)20/h9,12,14H,2-8,10H2,1H3,(H,19,20). The Balaban J connectivity index is 1.52. The number of rotatable bonds is 4. The van der Waals surface area contributed by atoms with E-state index in [1.165, 1.54) is 4.88 Å². The molecule has 1 atom stereocenters. The van der Waals surface area contributed by atoms with Gasteiger partial charge < -0.3 is 5.11 Å². The molecule has 6 heteroatoms. The van der Waals surface area contributed by atoms with E-state index in [2.05, 4.69) is 14.8 Å². The Labute approximate surface area is 129 Å². The van der Waals surface area contributed by atoms with Gasteiger partial charge in [-0.1, -0.05) is 0 Å². The van der Waals surface area contributed by atoms with Gasteiger partial charge in [0.25, 0.3) is 0 Å². The van der Waals surface area contributed by atoms with E-state index in [0.29, 0.717) is 6.04 Å². The predicted octanol–water partition coefficient (Wildman–Crippen LogP) is 1.96. The van der Waals surface area contributed by atoms with Crippen LogP contribution in [-0.4, -0.2) is 57.6 Å². The third-order valence-corrected chi connectivity index (χ3v) is 5.55. The van der Waals surface area contributed by atoms with Crippen molar-refractivity contribution in [2.45, 2.75) is 51.2 Å². The Kier molecular flexibility index (Phi) is 4.57. The number of hydrogen-bond donors (Lipinski definition) is 1. The molecule has 0 spiro atoms. The molecule has 0 aromatic carbocycles. The lowest BCUT2D eigenvalue weighted by Crippen LogP contribution is -2.48. The van der Waals surface area contributed by atoms with Crippen molar-refractivity contribution in [3.8, 4) is 0 Å². The summed E-state index contributed by atoms with van der Waals surface area (Å²) in [6, 6.07) is 0.207. The Morgan fingerprint density at radius 3 is 2.76 bits per heavy atom. The number of thiazole rings is 1. The molecule has 0 radical (unpaired) electrons. The van der Waals surface area contributed by atoms with Gasteiger partial charge in [0.05, 0.1) is 5.01 Å². The Morgan fingerprint density at radius 1 is 1.38 bits per heavy atom. The van der Waals surface area contributed by atoms with Crippen molar-refractivity contribution in [2.24, 2.45) is 0 Å². The number of aryl methyl sites for hydroxylation is 1. The molecule has 1 unspecified atom stereocenters. The van der Waals surface area contributed by atoms with Crippen molar-refractivity contribution >= 4 is 17.3 Å². The lowest BCUT2D eigenvalue weighted by atomic mass is 10.0. The molecule has 0 saturated carbocycles. The van der Waals surface area contributed by atoms with Gasteiger partial charge in [-0.2, -0.15) is 0 Å². The monoisotopic (exact) mass is 309 g/mol. The summed E-state index contributed by atoms with van der Waals surface area (Å²) in [7, 11) is 0. The Morgan fingerprint density at radius 2 is 2.14 bits per heavy atom. The molecule has 5 nitrogen and oxygen atoms in total. The van der Waals surface area contributed by atoms with Crippen LogP contribution in [0.1, 0.15) is 35.6 Å². The summed E-state index contributed by atoms with van der Waals surface area (Å²) in [6.07, 6.45) is 5.99. The summed E-state index contributed by atoms with van der Waals surface area (Å²) in [6.45, 7) is 6.10. The second-order valence-electron chi connectivity index (χ2n) is 6.09. The zero-order valence-electron chi connectivity index (χ0n) is 12.5. The van der Waals surface area contributed by atoms with Crippen molar-refractivity contribution in [3.63, 3.8) is 0 Å². The van der Waals surface area contributed by atoms with Crippen LogP contribution in [0.5, 0.6) is 0 Å². The molecule has 3 rings (SSSR count). The van der Waals surface area contributed by atoms with Gasteiger partial charge in [-0.15, -0.1) is 11.3 Å². The number of carboxylic acid groups (broad SMARTS) is 1. The smallest absolute Gasteiger partial charge is 0.320 e. The molecule has 1 N–H and O–H groups in total. The van der Waals surface area contributed by atoms with E-state index in [9.17, 15) is 9.90 Å². The molecule has 2 aliphatic rings. The fourth-order valence-electron chi connectivity index (χ4n) is 3.60. The quantitative estimate of drug-likeness (QED) is 0.921. The van der Waals surface area contributed by atoms with Crippen LogP contribution in [0, 0.1) is 6.92 Å². The first-order chi connectivity index (χ1) is 10.1. The highest BCUT2D eigenvalue weighted by atomic mass is 32.1. The maximum atomic E-state index is 11.3. The molecule has 0 amide bonds. The molecule has 2 aliphatic heterocycles. The maximum absolute atomic E-state index is 11.3. The van der Waals surface area contributed by atoms with Crippen LogP contribution in [0.4, 0.5) is 0 Å². The van der Waals surface area contributed by atoms with Crippen molar-refractivity contribution in [3.05, 3.63) is 16.1 Å². The molecule has 3 heterocycles. The van der Waals surface area contributed by atoms with Crippen molar-refractivity contribution in [1.82, 2.24) is 14.8 Å². The zero-order chi connectivity index (χ0) is 14.8. The molecule has 21 heavy (non-hydrogen) atoms. The third-order valence-electron chi connectivity index (χ3n) is 4.65. The minimum absolute atomic E-state index is 0.245. The molecular weight excluding hydrogens is 286 g/mol. The molecule has 116 valence electrons. The normalized spacial score (nSPS) is 25.5. The van der Waals surface area contributed by atoms with Crippen LogP contribution in [0.3, 0.4) is 0 Å². The molecule has 1 aromatic heterocycles. The highest BCUT2D eigenvalue weighted by Crippen LogP contribution is 2.27. The second kappa shape index (κ2) is 6.42. The van der Waals surface area contributed by atoms with Gasteiger partial charge in [0.15, 0.2) is 0 Å².